The quantitative estimate of drug-likeness (QED) is 0.361. The van der Waals surface area contributed by atoms with Gasteiger partial charge in [0.2, 0.25) is 0 Å². The predicted octanol–water partition coefficient (Wildman–Crippen LogP) is 6.88. The lowest BCUT2D eigenvalue weighted by molar-refractivity contribution is 0.194. The maximum atomic E-state index is 13.7. The standard InChI is InChI=1S/C27H24ClN3O/c1-18-9-12-20(13-10-18)26-25-8-5-15-30(25)24-7-4-3-6-21(24)17-31(26)27(32)29-23-16-22(28)14-11-19(23)2/h3-16,26H,17H2,1-2H3,(H,29,32)/t26-/m0/s1. The minimum atomic E-state index is -0.238. The number of urea groups is 1. The number of aryl methyl sites for hydroxylation is 2. The van der Waals surface area contributed by atoms with Gasteiger partial charge < -0.3 is 14.8 Å². The number of aromatic nitrogens is 1. The molecular formula is C27H24ClN3O. The normalized spacial score (nSPS) is 15.0. The third-order valence-corrected chi connectivity index (χ3v) is 6.29. The molecule has 0 fully saturated rings. The molecule has 0 spiro atoms. The Labute approximate surface area is 193 Å². The summed E-state index contributed by atoms with van der Waals surface area (Å²) in [5.41, 5.74) is 7.19. The highest BCUT2D eigenvalue weighted by molar-refractivity contribution is 6.31. The van der Waals surface area contributed by atoms with Gasteiger partial charge in [-0.2, -0.15) is 0 Å². The minimum absolute atomic E-state index is 0.162. The number of carbonyl (C=O) groups is 1. The fraction of sp³-hybridized carbons (Fsp3) is 0.148. The molecule has 2 heterocycles. The Balaban J connectivity index is 1.63. The molecule has 160 valence electrons. The van der Waals surface area contributed by atoms with E-state index in [0.717, 1.165) is 33.8 Å². The number of nitrogens with one attached hydrogen (secondary N) is 1. The Kier molecular flexibility index (Phi) is 5.24. The molecule has 0 unspecified atom stereocenters. The lowest BCUT2D eigenvalue weighted by Gasteiger charge is -2.31. The van der Waals surface area contributed by atoms with Crippen LogP contribution in [0.25, 0.3) is 5.69 Å². The summed E-state index contributed by atoms with van der Waals surface area (Å²) in [5, 5.41) is 3.70. The lowest BCUT2D eigenvalue weighted by Crippen LogP contribution is -2.38. The Bertz CT molecular complexity index is 1290. The topological polar surface area (TPSA) is 37.3 Å². The van der Waals surface area contributed by atoms with E-state index in [0.29, 0.717) is 11.6 Å². The number of fused-ring (bicyclic) bond motifs is 3. The van der Waals surface area contributed by atoms with E-state index in [4.69, 9.17) is 11.6 Å². The molecule has 2 amide bonds. The first-order chi connectivity index (χ1) is 15.5. The van der Waals surface area contributed by atoms with Crippen LogP contribution in [0.5, 0.6) is 0 Å². The first kappa shape index (κ1) is 20.4. The highest BCUT2D eigenvalue weighted by atomic mass is 35.5. The van der Waals surface area contributed by atoms with Crippen molar-refractivity contribution in [3.63, 3.8) is 0 Å². The molecule has 0 bridgehead atoms. The van der Waals surface area contributed by atoms with Gasteiger partial charge in [0.25, 0.3) is 0 Å². The van der Waals surface area contributed by atoms with Gasteiger partial charge in [-0.25, -0.2) is 4.79 Å². The second-order valence-electron chi connectivity index (χ2n) is 8.26. The van der Waals surface area contributed by atoms with Gasteiger partial charge in [0.15, 0.2) is 0 Å². The number of para-hydroxylation sites is 1. The Hall–Kier alpha value is -3.50. The van der Waals surface area contributed by atoms with Crippen molar-refractivity contribution in [1.29, 1.82) is 0 Å². The molecule has 32 heavy (non-hydrogen) atoms. The van der Waals surface area contributed by atoms with Crippen molar-refractivity contribution >= 4 is 23.3 Å². The molecule has 0 saturated heterocycles. The van der Waals surface area contributed by atoms with Crippen molar-refractivity contribution in [2.75, 3.05) is 5.32 Å². The van der Waals surface area contributed by atoms with Gasteiger partial charge in [0, 0.05) is 22.6 Å². The third-order valence-electron chi connectivity index (χ3n) is 6.06. The minimum Gasteiger partial charge on any atom is -0.318 e. The number of amides is 2. The second-order valence-corrected chi connectivity index (χ2v) is 8.70. The number of anilines is 1. The number of nitrogens with zero attached hydrogens (tertiary/aromatic N) is 2. The highest BCUT2D eigenvalue weighted by Crippen LogP contribution is 2.37. The lowest BCUT2D eigenvalue weighted by atomic mass is 10.0. The molecular weight excluding hydrogens is 418 g/mol. The number of rotatable bonds is 2. The van der Waals surface area contributed by atoms with E-state index in [2.05, 4.69) is 65.5 Å². The number of hydrogen-bond acceptors (Lipinski definition) is 1. The molecule has 0 radical (unpaired) electrons. The zero-order valence-electron chi connectivity index (χ0n) is 18.0. The maximum Gasteiger partial charge on any atom is 0.322 e. The smallest absolute Gasteiger partial charge is 0.318 e. The van der Waals surface area contributed by atoms with Crippen molar-refractivity contribution in [2.45, 2.75) is 26.4 Å². The summed E-state index contributed by atoms with van der Waals surface area (Å²) in [6.07, 6.45) is 2.07. The van der Waals surface area contributed by atoms with Crippen LogP contribution in [0.4, 0.5) is 10.5 Å². The Morgan fingerprint density at radius 3 is 2.56 bits per heavy atom. The van der Waals surface area contributed by atoms with Gasteiger partial charge >= 0.3 is 6.03 Å². The number of benzene rings is 3. The monoisotopic (exact) mass is 441 g/mol. The van der Waals surface area contributed by atoms with E-state index in [1.165, 1.54) is 5.56 Å². The molecule has 1 aliphatic rings. The van der Waals surface area contributed by atoms with Crippen molar-refractivity contribution < 1.29 is 4.79 Å². The van der Waals surface area contributed by atoms with E-state index < -0.39 is 0 Å². The van der Waals surface area contributed by atoms with E-state index in [1.54, 1.807) is 6.07 Å². The van der Waals surface area contributed by atoms with Crippen LogP contribution in [0.1, 0.15) is 34.0 Å². The van der Waals surface area contributed by atoms with Crippen molar-refractivity contribution in [1.82, 2.24) is 9.47 Å². The average molecular weight is 442 g/mol. The van der Waals surface area contributed by atoms with Crippen LogP contribution in [0.2, 0.25) is 5.02 Å². The number of halogens is 1. The van der Waals surface area contributed by atoms with Crippen LogP contribution in [-0.2, 0) is 6.54 Å². The van der Waals surface area contributed by atoms with Crippen LogP contribution >= 0.6 is 11.6 Å². The molecule has 4 aromatic rings. The third kappa shape index (κ3) is 3.67. The van der Waals surface area contributed by atoms with Crippen molar-refractivity contribution in [3.05, 3.63) is 118 Å². The van der Waals surface area contributed by atoms with E-state index >= 15 is 0 Å². The van der Waals surface area contributed by atoms with Crippen molar-refractivity contribution in [3.8, 4) is 5.69 Å². The molecule has 0 aliphatic carbocycles. The zero-order valence-corrected chi connectivity index (χ0v) is 18.8. The molecule has 3 aromatic carbocycles. The summed E-state index contributed by atoms with van der Waals surface area (Å²) in [6.45, 7) is 4.52. The Morgan fingerprint density at radius 1 is 0.969 bits per heavy atom. The van der Waals surface area contributed by atoms with Gasteiger partial charge in [0.05, 0.1) is 18.3 Å². The molecule has 0 saturated carbocycles. The first-order valence-corrected chi connectivity index (χ1v) is 11.0. The van der Waals surface area contributed by atoms with E-state index in [9.17, 15) is 4.79 Å². The van der Waals surface area contributed by atoms with E-state index in [-0.39, 0.29) is 12.1 Å². The van der Waals surface area contributed by atoms with Crippen molar-refractivity contribution in [2.24, 2.45) is 0 Å². The van der Waals surface area contributed by atoms with Gasteiger partial charge in [-0.3, -0.25) is 0 Å². The molecule has 5 heteroatoms. The van der Waals surface area contributed by atoms with Crippen LogP contribution in [0, 0.1) is 13.8 Å². The maximum absolute atomic E-state index is 13.7. The summed E-state index contributed by atoms with van der Waals surface area (Å²) < 4.78 is 2.19. The Morgan fingerprint density at radius 2 is 1.75 bits per heavy atom. The molecule has 1 aromatic heterocycles. The molecule has 1 atom stereocenters. The summed E-state index contributed by atoms with van der Waals surface area (Å²) in [5.74, 6) is 0. The molecule has 1 N–H and O–H groups in total. The fourth-order valence-electron chi connectivity index (χ4n) is 4.35. The summed E-state index contributed by atoms with van der Waals surface area (Å²) in [6, 6.07) is 25.9. The van der Waals surface area contributed by atoms with E-state index in [1.807, 2.05) is 42.2 Å². The highest BCUT2D eigenvalue weighted by Gasteiger charge is 2.33. The summed E-state index contributed by atoms with van der Waals surface area (Å²) in [4.78, 5) is 15.6. The van der Waals surface area contributed by atoms with Gasteiger partial charge in [-0.05, 0) is 60.9 Å². The zero-order chi connectivity index (χ0) is 22.2. The molecule has 5 rings (SSSR count). The number of hydrogen-bond donors (Lipinski definition) is 1. The molecule has 1 aliphatic heterocycles. The van der Waals surface area contributed by atoms with Crippen LogP contribution in [0.3, 0.4) is 0 Å². The van der Waals surface area contributed by atoms with Crippen LogP contribution in [0.15, 0.2) is 85.1 Å². The SMILES string of the molecule is Cc1ccc([C@H]2c3cccn3-c3ccccc3CN2C(=O)Nc2cc(Cl)ccc2C)cc1. The molecule has 4 nitrogen and oxygen atoms in total. The predicted molar refractivity (Wildman–Crippen MR) is 130 cm³/mol. The largest absolute Gasteiger partial charge is 0.322 e. The van der Waals surface area contributed by atoms with Crippen LogP contribution < -0.4 is 5.32 Å². The average Bonchev–Trinajstić information content (AvgIpc) is 3.21. The summed E-state index contributed by atoms with van der Waals surface area (Å²) in [7, 11) is 0. The van der Waals surface area contributed by atoms with Crippen LogP contribution in [-0.4, -0.2) is 15.5 Å². The van der Waals surface area contributed by atoms with Gasteiger partial charge in [0.1, 0.15) is 0 Å². The van der Waals surface area contributed by atoms with Gasteiger partial charge in [-0.15, -0.1) is 0 Å². The first-order valence-electron chi connectivity index (χ1n) is 10.7. The second kappa shape index (κ2) is 8.21. The fourth-order valence-corrected chi connectivity index (χ4v) is 4.53. The number of carbonyl (C=O) groups excluding carboxylic acids is 1. The van der Waals surface area contributed by atoms with Gasteiger partial charge in [-0.1, -0.05) is 65.7 Å². The summed E-state index contributed by atoms with van der Waals surface area (Å²) >= 11 is 6.20.